The molecule has 1 aliphatic heterocycles. The largest absolute Gasteiger partial charge is 0.493 e. The zero-order chi connectivity index (χ0) is 27.7. The highest BCUT2D eigenvalue weighted by atomic mass is 35.5. The predicted octanol–water partition coefficient (Wildman–Crippen LogP) is 6.28. The van der Waals surface area contributed by atoms with E-state index in [0.29, 0.717) is 33.3 Å². The van der Waals surface area contributed by atoms with Gasteiger partial charge in [0.1, 0.15) is 17.3 Å². The molecule has 3 aromatic rings. The number of nitrogens with one attached hydrogen (secondary N) is 2. The Labute approximate surface area is 244 Å². The maximum Gasteiger partial charge on any atom is 0.279 e. The second kappa shape index (κ2) is 13.8. The highest BCUT2D eigenvalue weighted by Crippen LogP contribution is 2.35. The molecule has 0 spiro atoms. The first-order valence-corrected chi connectivity index (χ1v) is 14.8. The maximum atomic E-state index is 12.9. The Bertz CT molecular complexity index is 1340. The van der Waals surface area contributed by atoms with E-state index in [1.54, 1.807) is 42.7 Å². The molecule has 1 aliphatic carbocycles. The standard InChI is InChI=1S/C30H34ClN5O3S/c1-2-23(35-29(37)22-11-12-32-28(17-22)33-13-16-36-14-3-4-15-36)7-9-25-19-34-30(40-25)39-27-10-8-24(18-26(27)31)38-20-21-5-6-21/h2,7-12,17-19,21,23H,1,3-6,13-16,20H2,(H,32,33)(H,35,37)/b9-7+/t23-/m0/s1. The number of carbonyl (C=O) groups is 1. The lowest BCUT2D eigenvalue weighted by atomic mass is 10.2. The number of thiazole rings is 1. The summed E-state index contributed by atoms with van der Waals surface area (Å²) in [6, 6.07) is 8.52. The van der Waals surface area contributed by atoms with E-state index in [-0.39, 0.29) is 11.9 Å². The van der Waals surface area contributed by atoms with E-state index < -0.39 is 0 Å². The first-order chi connectivity index (χ1) is 19.6. The van der Waals surface area contributed by atoms with Crippen molar-refractivity contribution < 1.29 is 14.3 Å². The summed E-state index contributed by atoms with van der Waals surface area (Å²) in [5.41, 5.74) is 0.535. The third-order valence-corrected chi connectivity index (χ3v) is 7.90. The Morgan fingerprint density at radius 2 is 2.08 bits per heavy atom. The average Bonchev–Trinajstić information content (AvgIpc) is 3.44. The van der Waals surface area contributed by atoms with Crippen molar-refractivity contribution in [3.8, 4) is 16.7 Å². The Morgan fingerprint density at radius 1 is 1.23 bits per heavy atom. The number of anilines is 1. The van der Waals surface area contributed by atoms with E-state index in [1.807, 2.05) is 18.2 Å². The van der Waals surface area contributed by atoms with Crippen molar-refractivity contribution in [1.29, 1.82) is 0 Å². The molecule has 2 aliphatic rings. The topological polar surface area (TPSA) is 88.6 Å². The molecule has 210 valence electrons. The Hall–Kier alpha value is -3.40. The number of rotatable bonds is 14. The minimum absolute atomic E-state index is 0.202. The molecule has 1 amide bonds. The molecule has 40 heavy (non-hydrogen) atoms. The van der Waals surface area contributed by atoms with E-state index in [0.717, 1.165) is 43.4 Å². The van der Waals surface area contributed by atoms with Crippen molar-refractivity contribution in [1.82, 2.24) is 20.2 Å². The fraction of sp³-hybridized carbons (Fsp3) is 0.367. The number of pyridine rings is 1. The quantitative estimate of drug-likeness (QED) is 0.217. The van der Waals surface area contributed by atoms with E-state index in [9.17, 15) is 4.79 Å². The van der Waals surface area contributed by atoms with Crippen molar-refractivity contribution in [3.05, 3.63) is 76.9 Å². The Morgan fingerprint density at radius 3 is 2.85 bits per heavy atom. The summed E-state index contributed by atoms with van der Waals surface area (Å²) in [5.74, 6) is 2.41. The molecule has 1 saturated heterocycles. The highest BCUT2D eigenvalue weighted by molar-refractivity contribution is 7.14. The van der Waals surface area contributed by atoms with Gasteiger partial charge in [0.2, 0.25) is 0 Å². The molecule has 1 saturated carbocycles. The van der Waals surface area contributed by atoms with Gasteiger partial charge in [0.05, 0.1) is 22.5 Å². The number of benzene rings is 1. The zero-order valence-corrected chi connectivity index (χ0v) is 23.9. The number of hydrogen-bond acceptors (Lipinski definition) is 8. The van der Waals surface area contributed by atoms with Crippen LogP contribution in [0.3, 0.4) is 0 Å². The monoisotopic (exact) mass is 579 g/mol. The van der Waals surface area contributed by atoms with Gasteiger partial charge in [-0.25, -0.2) is 9.97 Å². The molecule has 1 atom stereocenters. The van der Waals surface area contributed by atoms with Gasteiger partial charge < -0.3 is 25.0 Å². The van der Waals surface area contributed by atoms with Gasteiger partial charge in [-0.05, 0) is 75.0 Å². The number of likely N-dealkylation sites (tertiary alicyclic amines) is 1. The van der Waals surface area contributed by atoms with Crippen molar-refractivity contribution >= 4 is 40.7 Å². The van der Waals surface area contributed by atoms with Crippen molar-refractivity contribution in [3.63, 3.8) is 0 Å². The minimum Gasteiger partial charge on any atom is -0.493 e. The molecule has 0 radical (unpaired) electrons. The third kappa shape index (κ3) is 8.30. The van der Waals surface area contributed by atoms with Crippen LogP contribution in [0.25, 0.3) is 6.08 Å². The Kier molecular flexibility index (Phi) is 9.70. The summed E-state index contributed by atoms with van der Waals surface area (Å²) in [4.78, 5) is 24.9. The normalized spacial score (nSPS) is 16.1. The number of carbonyl (C=O) groups excluding carboxylic acids is 1. The molecule has 0 bridgehead atoms. The van der Waals surface area contributed by atoms with Gasteiger partial charge in [-0.15, -0.1) is 6.58 Å². The molecule has 2 N–H and O–H groups in total. The first-order valence-electron chi connectivity index (χ1n) is 13.7. The second-order valence-electron chi connectivity index (χ2n) is 9.98. The van der Waals surface area contributed by atoms with Crippen LogP contribution in [0.15, 0.2) is 61.5 Å². The number of aromatic nitrogens is 2. The van der Waals surface area contributed by atoms with Gasteiger partial charge in [0.15, 0.2) is 0 Å². The summed E-state index contributed by atoms with van der Waals surface area (Å²) >= 11 is 7.77. The number of hydrogen-bond donors (Lipinski definition) is 2. The lowest BCUT2D eigenvalue weighted by Gasteiger charge is -2.15. The lowest BCUT2D eigenvalue weighted by Crippen LogP contribution is -2.32. The third-order valence-electron chi connectivity index (χ3n) is 6.76. The van der Waals surface area contributed by atoms with Crippen molar-refractivity contribution in [2.45, 2.75) is 31.7 Å². The zero-order valence-electron chi connectivity index (χ0n) is 22.4. The van der Waals surface area contributed by atoms with Crippen LogP contribution in [0.2, 0.25) is 5.02 Å². The lowest BCUT2D eigenvalue weighted by molar-refractivity contribution is 0.0950. The summed E-state index contributed by atoms with van der Waals surface area (Å²) in [6.07, 6.45) is 13.8. The number of halogens is 1. The van der Waals surface area contributed by atoms with Crippen LogP contribution in [-0.2, 0) is 0 Å². The van der Waals surface area contributed by atoms with Crippen LogP contribution in [0.1, 0.15) is 40.9 Å². The van der Waals surface area contributed by atoms with E-state index in [4.69, 9.17) is 21.1 Å². The number of amides is 1. The van der Waals surface area contributed by atoms with E-state index in [1.165, 1.54) is 37.0 Å². The van der Waals surface area contributed by atoms with E-state index in [2.05, 4.69) is 32.1 Å². The highest BCUT2D eigenvalue weighted by Gasteiger charge is 2.22. The fourth-order valence-corrected chi connectivity index (χ4v) is 5.18. The van der Waals surface area contributed by atoms with Crippen LogP contribution < -0.4 is 20.1 Å². The van der Waals surface area contributed by atoms with Crippen molar-refractivity contribution in [2.24, 2.45) is 5.92 Å². The molecule has 8 nitrogen and oxygen atoms in total. The van der Waals surface area contributed by atoms with Crippen LogP contribution >= 0.6 is 22.9 Å². The molecule has 3 heterocycles. The van der Waals surface area contributed by atoms with Gasteiger partial charge in [-0.3, -0.25) is 4.79 Å². The summed E-state index contributed by atoms with van der Waals surface area (Å²) in [5, 5.41) is 7.23. The van der Waals surface area contributed by atoms with E-state index >= 15 is 0 Å². The molecule has 0 unspecified atom stereocenters. The second-order valence-corrected chi connectivity index (χ2v) is 11.4. The van der Waals surface area contributed by atoms with Crippen LogP contribution in [0.4, 0.5) is 5.82 Å². The minimum atomic E-state index is -0.365. The molecule has 10 heteroatoms. The molecular weight excluding hydrogens is 546 g/mol. The van der Waals surface area contributed by atoms with Crippen LogP contribution in [0, 0.1) is 5.92 Å². The molecule has 1 aromatic carbocycles. The van der Waals surface area contributed by atoms with Crippen LogP contribution in [0.5, 0.6) is 16.7 Å². The van der Waals surface area contributed by atoms with Gasteiger partial charge in [-0.2, -0.15) is 0 Å². The molecular formula is C30H34ClN5O3S. The molecule has 2 fully saturated rings. The molecule has 5 rings (SSSR count). The first kappa shape index (κ1) is 28.1. The summed E-state index contributed by atoms with van der Waals surface area (Å²) in [7, 11) is 0. The SMILES string of the molecule is C=C[C@@H](/C=C/c1cnc(Oc2ccc(OCC3CC3)cc2Cl)s1)NC(=O)c1ccnc(NCCN2CCCC2)c1. The smallest absolute Gasteiger partial charge is 0.279 e. The number of nitrogens with zero attached hydrogens (tertiary/aromatic N) is 3. The maximum absolute atomic E-state index is 12.9. The average molecular weight is 580 g/mol. The van der Waals surface area contributed by atoms with Gasteiger partial charge >= 0.3 is 0 Å². The number of ether oxygens (including phenoxy) is 2. The summed E-state index contributed by atoms with van der Waals surface area (Å²) in [6.45, 7) is 8.67. The van der Waals surface area contributed by atoms with Crippen LogP contribution in [-0.4, -0.2) is 59.6 Å². The van der Waals surface area contributed by atoms with Gasteiger partial charge in [0, 0.05) is 37.1 Å². The van der Waals surface area contributed by atoms with Gasteiger partial charge in [-0.1, -0.05) is 35.1 Å². The fourth-order valence-electron chi connectivity index (χ4n) is 4.28. The van der Waals surface area contributed by atoms with Crippen molar-refractivity contribution in [2.75, 3.05) is 38.1 Å². The van der Waals surface area contributed by atoms with Gasteiger partial charge in [0.25, 0.3) is 11.1 Å². The predicted molar refractivity (Wildman–Crippen MR) is 161 cm³/mol. The Balaban J connectivity index is 1.11. The summed E-state index contributed by atoms with van der Waals surface area (Å²) < 4.78 is 11.7. The molecule has 2 aromatic heterocycles.